The summed E-state index contributed by atoms with van der Waals surface area (Å²) in [5.41, 5.74) is 2.11. The fourth-order valence-corrected chi connectivity index (χ4v) is 4.66. The van der Waals surface area contributed by atoms with E-state index in [-0.39, 0.29) is 5.91 Å². The highest BCUT2D eigenvalue weighted by molar-refractivity contribution is 6.02. The van der Waals surface area contributed by atoms with Crippen LogP contribution in [0.5, 0.6) is 11.5 Å². The molecule has 0 saturated carbocycles. The minimum absolute atomic E-state index is 0.0580. The predicted molar refractivity (Wildman–Crippen MR) is 117 cm³/mol. The first-order valence-corrected chi connectivity index (χ1v) is 10.8. The number of quaternary nitrogens is 1. The second kappa shape index (κ2) is 8.36. The summed E-state index contributed by atoms with van der Waals surface area (Å²) in [6.45, 7) is 2.84. The van der Waals surface area contributed by atoms with E-state index in [4.69, 9.17) is 9.47 Å². The number of fused-ring (bicyclic) bond motifs is 2. The molecular formula is C25H27N2O3+. The summed E-state index contributed by atoms with van der Waals surface area (Å²) in [4.78, 5) is 14.2. The van der Waals surface area contributed by atoms with Crippen molar-refractivity contribution in [1.82, 2.24) is 0 Å². The Morgan fingerprint density at radius 2 is 1.80 bits per heavy atom. The molecule has 2 N–H and O–H groups in total. The van der Waals surface area contributed by atoms with Gasteiger partial charge >= 0.3 is 0 Å². The lowest BCUT2D eigenvalue weighted by molar-refractivity contribution is -0.910. The van der Waals surface area contributed by atoms with Crippen LogP contribution in [0.15, 0.2) is 60.7 Å². The molecule has 0 aromatic heterocycles. The van der Waals surface area contributed by atoms with Crippen LogP contribution in [0, 0.1) is 0 Å². The number of carbonyl (C=O) groups is 1. The molecule has 5 heteroatoms. The average molecular weight is 404 g/mol. The van der Waals surface area contributed by atoms with Gasteiger partial charge in [-0.2, -0.15) is 0 Å². The molecule has 2 aliphatic rings. The number of ether oxygens (including phenoxy) is 2. The molecule has 154 valence electrons. The molecule has 0 radical (unpaired) electrons. The third-order valence-corrected chi connectivity index (χ3v) is 6.11. The summed E-state index contributed by atoms with van der Waals surface area (Å²) in [5, 5.41) is 5.34. The number of rotatable bonds is 4. The van der Waals surface area contributed by atoms with Crippen molar-refractivity contribution in [2.75, 3.05) is 31.6 Å². The fraction of sp³-hybridized carbons (Fsp3) is 0.320. The van der Waals surface area contributed by atoms with E-state index in [2.05, 4.69) is 29.6 Å². The van der Waals surface area contributed by atoms with Gasteiger partial charge in [-0.25, -0.2) is 0 Å². The number of anilines is 1. The summed E-state index contributed by atoms with van der Waals surface area (Å²) >= 11 is 0. The molecule has 1 amide bonds. The van der Waals surface area contributed by atoms with E-state index in [0.29, 0.717) is 25.8 Å². The first kappa shape index (κ1) is 18.9. The topological polar surface area (TPSA) is 52.0 Å². The third kappa shape index (κ3) is 3.85. The summed E-state index contributed by atoms with van der Waals surface area (Å²) in [6.07, 6.45) is 3.10. The zero-order valence-electron chi connectivity index (χ0n) is 17.0. The van der Waals surface area contributed by atoms with Crippen LogP contribution in [-0.2, 0) is 4.79 Å². The molecule has 0 aliphatic carbocycles. The minimum Gasteiger partial charge on any atom is -0.490 e. The maximum atomic E-state index is 12.9. The van der Waals surface area contributed by atoms with E-state index >= 15 is 0 Å². The molecule has 0 spiro atoms. The third-order valence-electron chi connectivity index (χ3n) is 6.11. The van der Waals surface area contributed by atoms with Gasteiger partial charge in [0.2, 0.25) is 0 Å². The van der Waals surface area contributed by atoms with Gasteiger partial charge in [0.15, 0.2) is 18.0 Å². The van der Waals surface area contributed by atoms with Gasteiger partial charge in [-0.15, -0.1) is 0 Å². The van der Waals surface area contributed by atoms with Gasteiger partial charge in [-0.1, -0.05) is 36.4 Å². The van der Waals surface area contributed by atoms with Gasteiger partial charge in [0.05, 0.1) is 19.8 Å². The Labute approximate surface area is 176 Å². The Hall–Kier alpha value is -3.05. The largest absolute Gasteiger partial charge is 0.490 e. The van der Waals surface area contributed by atoms with E-state index in [1.807, 2.05) is 36.4 Å². The Morgan fingerprint density at radius 3 is 2.73 bits per heavy atom. The Balaban J connectivity index is 1.31. The van der Waals surface area contributed by atoms with Crippen molar-refractivity contribution in [2.24, 2.45) is 0 Å². The lowest BCUT2D eigenvalue weighted by Crippen LogP contribution is -3.11. The van der Waals surface area contributed by atoms with Crippen LogP contribution in [-0.4, -0.2) is 32.2 Å². The number of carbonyl (C=O) groups excluding carboxylic acids is 1. The van der Waals surface area contributed by atoms with Crippen LogP contribution < -0.4 is 19.7 Å². The second-order valence-corrected chi connectivity index (χ2v) is 8.11. The van der Waals surface area contributed by atoms with Crippen molar-refractivity contribution in [3.8, 4) is 11.5 Å². The summed E-state index contributed by atoms with van der Waals surface area (Å²) in [5.74, 6) is 1.71. The molecule has 5 nitrogen and oxygen atoms in total. The van der Waals surface area contributed by atoms with E-state index in [9.17, 15) is 4.79 Å². The maximum Gasteiger partial charge on any atom is 0.279 e. The Morgan fingerprint density at radius 1 is 0.967 bits per heavy atom. The number of benzene rings is 3. The minimum atomic E-state index is 0.0580. The number of hydrogen-bond donors (Lipinski definition) is 2. The van der Waals surface area contributed by atoms with Crippen molar-refractivity contribution < 1.29 is 19.2 Å². The first-order valence-electron chi connectivity index (χ1n) is 10.8. The van der Waals surface area contributed by atoms with Crippen molar-refractivity contribution in [1.29, 1.82) is 0 Å². The molecular weight excluding hydrogens is 376 g/mol. The molecule has 3 aromatic rings. The molecule has 3 aromatic carbocycles. The molecule has 0 bridgehead atoms. The normalized spacial score (nSPS) is 20.7. The molecule has 1 fully saturated rings. The zero-order chi connectivity index (χ0) is 20.3. The summed E-state index contributed by atoms with van der Waals surface area (Å²) in [6, 6.07) is 20.7. The smallest absolute Gasteiger partial charge is 0.279 e. The van der Waals surface area contributed by atoms with Gasteiger partial charge in [0.25, 0.3) is 5.91 Å². The van der Waals surface area contributed by atoms with Crippen LogP contribution in [0.3, 0.4) is 0 Å². The van der Waals surface area contributed by atoms with Crippen molar-refractivity contribution in [2.45, 2.75) is 25.3 Å². The average Bonchev–Trinajstić information content (AvgIpc) is 3.09. The molecule has 2 aliphatic heterocycles. The van der Waals surface area contributed by atoms with Crippen LogP contribution in [0.4, 0.5) is 5.69 Å². The first-order chi connectivity index (χ1) is 14.8. The monoisotopic (exact) mass is 403 g/mol. The van der Waals surface area contributed by atoms with E-state index in [1.165, 1.54) is 10.5 Å². The quantitative estimate of drug-likeness (QED) is 0.702. The molecule has 2 heterocycles. The summed E-state index contributed by atoms with van der Waals surface area (Å²) < 4.78 is 11.6. The van der Waals surface area contributed by atoms with Crippen molar-refractivity contribution in [3.05, 3.63) is 66.2 Å². The number of likely N-dealkylation sites (tertiary alicyclic amines) is 1. The lowest BCUT2D eigenvalue weighted by atomic mass is 10.0. The van der Waals surface area contributed by atoms with E-state index in [1.54, 1.807) is 0 Å². The standard InChI is InChI=1S/C25H26N2O3/c28-25(26-21-9-3-7-18-6-1-2-8-20(18)21)17-27-13-4-10-22(27)19-11-12-23-24(16-19)30-15-5-14-29-23/h1-3,6-9,11-12,16,22H,4-5,10,13-15,17H2,(H,26,28)/p+1/t22-/m1/s1. The molecule has 30 heavy (non-hydrogen) atoms. The Kier molecular flexibility index (Phi) is 5.28. The molecule has 2 atom stereocenters. The van der Waals surface area contributed by atoms with Crippen LogP contribution >= 0.6 is 0 Å². The van der Waals surface area contributed by atoms with E-state index in [0.717, 1.165) is 53.8 Å². The van der Waals surface area contributed by atoms with Crippen molar-refractivity contribution >= 4 is 22.4 Å². The van der Waals surface area contributed by atoms with Gasteiger partial charge in [-0.05, 0) is 29.7 Å². The van der Waals surface area contributed by atoms with E-state index < -0.39 is 0 Å². The van der Waals surface area contributed by atoms with Crippen LogP contribution in [0.25, 0.3) is 10.8 Å². The maximum absolute atomic E-state index is 12.9. The molecule has 1 saturated heterocycles. The SMILES string of the molecule is O=C(C[NH+]1CCC[C@@H]1c1ccc2c(c1)OCCCO2)Nc1cccc2ccccc12. The highest BCUT2D eigenvalue weighted by atomic mass is 16.5. The number of hydrogen-bond acceptors (Lipinski definition) is 3. The summed E-state index contributed by atoms with van der Waals surface area (Å²) in [7, 11) is 0. The van der Waals surface area contributed by atoms with Gasteiger partial charge < -0.3 is 19.7 Å². The molecule has 5 rings (SSSR count). The van der Waals surface area contributed by atoms with Gasteiger partial charge in [0, 0.05) is 35.9 Å². The lowest BCUT2D eigenvalue weighted by Gasteiger charge is -2.22. The number of amides is 1. The molecule has 1 unspecified atom stereocenters. The van der Waals surface area contributed by atoms with Gasteiger partial charge in [-0.3, -0.25) is 4.79 Å². The fourth-order valence-electron chi connectivity index (χ4n) is 4.66. The second-order valence-electron chi connectivity index (χ2n) is 8.11. The Bertz CT molecular complexity index is 1060. The highest BCUT2D eigenvalue weighted by Gasteiger charge is 2.32. The highest BCUT2D eigenvalue weighted by Crippen LogP contribution is 2.33. The van der Waals surface area contributed by atoms with Crippen LogP contribution in [0.2, 0.25) is 0 Å². The van der Waals surface area contributed by atoms with Crippen LogP contribution in [0.1, 0.15) is 30.9 Å². The van der Waals surface area contributed by atoms with Gasteiger partial charge in [0.1, 0.15) is 6.04 Å². The zero-order valence-corrected chi connectivity index (χ0v) is 17.0. The van der Waals surface area contributed by atoms with Crippen molar-refractivity contribution in [3.63, 3.8) is 0 Å². The predicted octanol–water partition coefficient (Wildman–Crippen LogP) is 3.36. The number of nitrogens with one attached hydrogen (secondary N) is 2.